The third kappa shape index (κ3) is 2.82. The van der Waals surface area contributed by atoms with Crippen molar-refractivity contribution in [2.45, 2.75) is 32.2 Å². The van der Waals surface area contributed by atoms with Crippen molar-refractivity contribution in [3.05, 3.63) is 58.5 Å². The van der Waals surface area contributed by atoms with Crippen LogP contribution in [0.3, 0.4) is 0 Å². The number of amides is 1. The topological polar surface area (TPSA) is 96.6 Å². The molecule has 1 aromatic carbocycles. The van der Waals surface area contributed by atoms with Crippen molar-refractivity contribution in [1.82, 2.24) is 5.32 Å². The quantitative estimate of drug-likeness (QED) is 0.900. The minimum atomic E-state index is -1.18. The predicted molar refractivity (Wildman–Crippen MR) is 85.0 cm³/mol. The number of carbonyl (C=O) groups excluding carboxylic acids is 2. The summed E-state index contributed by atoms with van der Waals surface area (Å²) in [6.45, 7) is 1.65. The number of benzene rings is 1. The molecule has 0 saturated carbocycles. The summed E-state index contributed by atoms with van der Waals surface area (Å²) < 4.78 is 5.56. The first-order valence-corrected chi connectivity index (χ1v) is 7.73. The van der Waals surface area contributed by atoms with E-state index in [1.165, 1.54) is 0 Å². The van der Waals surface area contributed by atoms with Crippen LogP contribution in [0.5, 0.6) is 0 Å². The molecule has 3 rings (SSSR count). The fourth-order valence-electron chi connectivity index (χ4n) is 3.00. The maximum atomic E-state index is 12.5. The molecule has 2 aromatic rings. The van der Waals surface area contributed by atoms with E-state index in [1.54, 1.807) is 37.3 Å². The maximum Gasteiger partial charge on any atom is 0.330 e. The highest BCUT2D eigenvalue weighted by atomic mass is 16.4. The van der Waals surface area contributed by atoms with Crippen LogP contribution in [0.4, 0.5) is 0 Å². The smallest absolute Gasteiger partial charge is 0.330 e. The van der Waals surface area contributed by atoms with E-state index in [0.29, 0.717) is 41.7 Å². The molecule has 2 N–H and O–H groups in total. The van der Waals surface area contributed by atoms with Gasteiger partial charge in [0, 0.05) is 18.4 Å². The first kappa shape index (κ1) is 16.0. The van der Waals surface area contributed by atoms with Gasteiger partial charge < -0.3 is 14.8 Å². The van der Waals surface area contributed by atoms with E-state index < -0.39 is 17.9 Å². The molecule has 6 heteroatoms. The lowest BCUT2D eigenvalue weighted by molar-refractivity contribution is -0.139. The molecule has 1 heterocycles. The maximum absolute atomic E-state index is 12.5. The lowest BCUT2D eigenvalue weighted by atomic mass is 9.94. The molecular formula is C18H17NO5. The molecule has 124 valence electrons. The van der Waals surface area contributed by atoms with Crippen LogP contribution in [0, 0.1) is 6.92 Å². The third-order valence-corrected chi connectivity index (χ3v) is 4.17. The number of hydrogen-bond acceptors (Lipinski definition) is 4. The van der Waals surface area contributed by atoms with E-state index >= 15 is 0 Å². The largest absolute Gasteiger partial charge is 0.479 e. The Morgan fingerprint density at radius 3 is 2.54 bits per heavy atom. The number of ketones is 1. The lowest BCUT2D eigenvalue weighted by Gasteiger charge is -2.14. The van der Waals surface area contributed by atoms with E-state index in [-0.39, 0.29) is 11.5 Å². The number of hydrogen-bond donors (Lipinski definition) is 2. The van der Waals surface area contributed by atoms with Gasteiger partial charge in [-0.3, -0.25) is 9.59 Å². The number of aryl methyl sites for hydroxylation is 1. The summed E-state index contributed by atoms with van der Waals surface area (Å²) in [6.07, 6.45) is 1.74. The zero-order chi connectivity index (χ0) is 17.3. The Kier molecular flexibility index (Phi) is 4.20. The number of aliphatic carboxylic acids is 1. The molecule has 0 radical (unpaired) electrons. The number of furan rings is 1. The molecule has 0 spiro atoms. The van der Waals surface area contributed by atoms with Crippen molar-refractivity contribution in [2.75, 3.05) is 0 Å². The van der Waals surface area contributed by atoms with Crippen LogP contribution in [-0.2, 0) is 11.2 Å². The van der Waals surface area contributed by atoms with Gasteiger partial charge in [0.05, 0.1) is 5.56 Å². The van der Waals surface area contributed by atoms with Crippen molar-refractivity contribution in [1.29, 1.82) is 0 Å². The van der Waals surface area contributed by atoms with Crippen molar-refractivity contribution in [2.24, 2.45) is 0 Å². The number of nitrogens with one attached hydrogen (secondary N) is 1. The van der Waals surface area contributed by atoms with Crippen molar-refractivity contribution in [3.63, 3.8) is 0 Å². The normalized spacial score (nSPS) is 14.8. The molecule has 1 aliphatic rings. The Morgan fingerprint density at radius 1 is 1.21 bits per heavy atom. The molecule has 1 atom stereocenters. The van der Waals surface area contributed by atoms with Gasteiger partial charge in [-0.05, 0) is 18.9 Å². The summed E-state index contributed by atoms with van der Waals surface area (Å²) in [6, 6.07) is 7.24. The SMILES string of the molecule is Cc1c(C(=O)N[C@@H](C(=O)O)c2ccccc2)oc2c1C(=O)CCC2. The number of carboxylic acids is 1. The Morgan fingerprint density at radius 2 is 1.92 bits per heavy atom. The molecule has 24 heavy (non-hydrogen) atoms. The minimum absolute atomic E-state index is 0.0115. The van der Waals surface area contributed by atoms with Crippen LogP contribution in [0.15, 0.2) is 34.7 Å². The Labute approximate surface area is 138 Å². The summed E-state index contributed by atoms with van der Waals surface area (Å²) in [5, 5.41) is 11.9. The third-order valence-electron chi connectivity index (χ3n) is 4.17. The van der Waals surface area contributed by atoms with Gasteiger partial charge in [-0.15, -0.1) is 0 Å². The van der Waals surface area contributed by atoms with Gasteiger partial charge in [0.2, 0.25) is 0 Å². The molecule has 0 fully saturated rings. The van der Waals surface area contributed by atoms with Crippen molar-refractivity contribution >= 4 is 17.7 Å². The van der Waals surface area contributed by atoms with E-state index in [9.17, 15) is 19.5 Å². The highest BCUT2D eigenvalue weighted by Crippen LogP contribution is 2.29. The molecule has 6 nitrogen and oxygen atoms in total. The first-order valence-electron chi connectivity index (χ1n) is 7.73. The first-order chi connectivity index (χ1) is 11.5. The average molecular weight is 327 g/mol. The summed E-state index contributed by atoms with van der Waals surface area (Å²) in [5.74, 6) is -1.31. The second-order valence-electron chi connectivity index (χ2n) is 5.79. The molecule has 0 unspecified atom stereocenters. The molecule has 1 amide bonds. The number of carbonyl (C=O) groups is 3. The number of carboxylic acid groups (broad SMARTS) is 1. The fraction of sp³-hybridized carbons (Fsp3) is 0.278. The van der Waals surface area contributed by atoms with Gasteiger partial charge in [-0.2, -0.15) is 0 Å². The fourth-order valence-corrected chi connectivity index (χ4v) is 3.00. The van der Waals surface area contributed by atoms with Gasteiger partial charge in [0.15, 0.2) is 17.6 Å². The van der Waals surface area contributed by atoms with Gasteiger partial charge in [0.1, 0.15) is 5.76 Å². The highest BCUT2D eigenvalue weighted by Gasteiger charge is 2.31. The number of Topliss-reactive ketones (excluding diaryl/α,β-unsaturated/α-hetero) is 1. The standard InChI is InChI=1S/C18H17NO5/c1-10-14-12(20)8-5-9-13(14)24-16(10)17(21)19-15(18(22)23)11-6-3-2-4-7-11/h2-4,6-7,15H,5,8-9H2,1H3,(H,19,21)(H,22,23)/t15-/m1/s1. The van der Waals surface area contributed by atoms with Crippen LogP contribution in [0.1, 0.15) is 56.7 Å². The van der Waals surface area contributed by atoms with E-state index in [0.717, 1.165) is 0 Å². The van der Waals surface area contributed by atoms with Crippen LogP contribution in [0.25, 0.3) is 0 Å². The van der Waals surface area contributed by atoms with Gasteiger partial charge in [0.25, 0.3) is 5.91 Å². The summed E-state index contributed by atoms with van der Waals surface area (Å²) in [7, 11) is 0. The molecule has 0 bridgehead atoms. The highest BCUT2D eigenvalue weighted by molar-refractivity contribution is 6.04. The molecule has 0 saturated heterocycles. The second kappa shape index (κ2) is 6.31. The zero-order valence-corrected chi connectivity index (χ0v) is 13.2. The molecule has 1 aromatic heterocycles. The van der Waals surface area contributed by atoms with Crippen molar-refractivity contribution in [3.8, 4) is 0 Å². The van der Waals surface area contributed by atoms with E-state index in [1.807, 2.05) is 0 Å². The van der Waals surface area contributed by atoms with Gasteiger partial charge in [-0.1, -0.05) is 30.3 Å². The summed E-state index contributed by atoms with van der Waals surface area (Å²) in [4.78, 5) is 36.0. The van der Waals surface area contributed by atoms with E-state index in [4.69, 9.17) is 4.42 Å². The predicted octanol–water partition coefficient (Wildman–Crippen LogP) is 2.66. The Balaban J connectivity index is 1.89. The Bertz CT molecular complexity index is 806. The number of rotatable bonds is 4. The lowest BCUT2D eigenvalue weighted by Crippen LogP contribution is -2.33. The van der Waals surface area contributed by atoms with Crippen LogP contribution < -0.4 is 5.32 Å². The molecule has 0 aliphatic heterocycles. The summed E-state index contributed by atoms with van der Waals surface area (Å²) >= 11 is 0. The van der Waals surface area contributed by atoms with Crippen LogP contribution >= 0.6 is 0 Å². The summed E-state index contributed by atoms with van der Waals surface area (Å²) in [5.41, 5.74) is 1.41. The monoisotopic (exact) mass is 327 g/mol. The Hall–Kier alpha value is -2.89. The molecule has 1 aliphatic carbocycles. The number of fused-ring (bicyclic) bond motifs is 1. The van der Waals surface area contributed by atoms with Gasteiger partial charge >= 0.3 is 5.97 Å². The van der Waals surface area contributed by atoms with Crippen molar-refractivity contribution < 1.29 is 23.9 Å². The molecular weight excluding hydrogens is 310 g/mol. The van der Waals surface area contributed by atoms with Crippen LogP contribution in [0.2, 0.25) is 0 Å². The zero-order valence-electron chi connectivity index (χ0n) is 13.2. The van der Waals surface area contributed by atoms with Gasteiger partial charge in [-0.25, -0.2) is 4.79 Å². The van der Waals surface area contributed by atoms with Crippen LogP contribution in [-0.4, -0.2) is 22.8 Å². The van der Waals surface area contributed by atoms with E-state index in [2.05, 4.69) is 5.32 Å². The second-order valence-corrected chi connectivity index (χ2v) is 5.79. The minimum Gasteiger partial charge on any atom is -0.479 e. The average Bonchev–Trinajstić information content (AvgIpc) is 2.91.